The second-order valence-electron chi connectivity index (χ2n) is 5.05. The lowest BCUT2D eigenvalue weighted by Crippen LogP contribution is -2.31. The van der Waals surface area contributed by atoms with E-state index in [-0.39, 0.29) is 5.60 Å². The van der Waals surface area contributed by atoms with E-state index >= 15 is 0 Å². The van der Waals surface area contributed by atoms with Gasteiger partial charge < -0.3 is 4.74 Å². The van der Waals surface area contributed by atoms with Gasteiger partial charge in [0, 0.05) is 12.3 Å². The van der Waals surface area contributed by atoms with Crippen molar-refractivity contribution in [2.45, 2.75) is 53.6 Å². The highest BCUT2D eigenvalue weighted by atomic mass is 16.5. The van der Waals surface area contributed by atoms with Gasteiger partial charge in [0.1, 0.15) is 5.60 Å². The normalized spacial score (nSPS) is 28.9. The Bertz CT molecular complexity index is 225. The summed E-state index contributed by atoms with van der Waals surface area (Å²) in [6.45, 7) is 13.3. The number of ether oxygens (including phenoxy) is 1. The molecule has 0 saturated carbocycles. The standard InChI is InChI=1S/C12H22O/c1-8(2)11-10(5)7-12(6,13-11)9(3)4/h8-9H,7H2,1-6H3. The van der Waals surface area contributed by atoms with Crippen LogP contribution in [0.3, 0.4) is 0 Å². The Morgan fingerprint density at radius 3 is 2.00 bits per heavy atom. The predicted molar refractivity (Wildman–Crippen MR) is 56.5 cm³/mol. The van der Waals surface area contributed by atoms with E-state index in [1.165, 1.54) is 11.3 Å². The van der Waals surface area contributed by atoms with Crippen molar-refractivity contribution in [3.05, 3.63) is 11.3 Å². The molecule has 1 unspecified atom stereocenters. The molecule has 0 saturated heterocycles. The lowest BCUT2D eigenvalue weighted by Gasteiger charge is -2.30. The van der Waals surface area contributed by atoms with Gasteiger partial charge >= 0.3 is 0 Å². The molecule has 0 aromatic rings. The quantitative estimate of drug-likeness (QED) is 0.632. The summed E-state index contributed by atoms with van der Waals surface area (Å²) in [6.07, 6.45) is 1.10. The van der Waals surface area contributed by atoms with Crippen LogP contribution in [-0.2, 0) is 4.74 Å². The number of hydrogen-bond donors (Lipinski definition) is 0. The molecule has 1 aliphatic rings. The topological polar surface area (TPSA) is 9.23 Å². The van der Waals surface area contributed by atoms with Crippen LogP contribution in [0.2, 0.25) is 0 Å². The van der Waals surface area contributed by atoms with Crippen LogP contribution >= 0.6 is 0 Å². The van der Waals surface area contributed by atoms with Crippen LogP contribution in [0.5, 0.6) is 0 Å². The zero-order chi connectivity index (χ0) is 10.2. The van der Waals surface area contributed by atoms with E-state index in [1.807, 2.05) is 0 Å². The Hall–Kier alpha value is -0.460. The third-order valence-electron chi connectivity index (χ3n) is 3.13. The van der Waals surface area contributed by atoms with Crippen molar-refractivity contribution >= 4 is 0 Å². The molecular weight excluding hydrogens is 160 g/mol. The molecule has 1 heterocycles. The first kappa shape index (κ1) is 10.6. The zero-order valence-electron chi connectivity index (χ0n) is 9.77. The van der Waals surface area contributed by atoms with Crippen molar-refractivity contribution in [2.75, 3.05) is 0 Å². The van der Waals surface area contributed by atoms with Gasteiger partial charge in [-0.1, -0.05) is 27.7 Å². The summed E-state index contributed by atoms with van der Waals surface area (Å²) < 4.78 is 6.06. The van der Waals surface area contributed by atoms with E-state index in [0.717, 1.165) is 6.42 Å². The number of rotatable bonds is 2. The van der Waals surface area contributed by atoms with Gasteiger partial charge in [0.2, 0.25) is 0 Å². The molecule has 0 radical (unpaired) electrons. The molecule has 0 aliphatic carbocycles. The van der Waals surface area contributed by atoms with Crippen LogP contribution in [-0.4, -0.2) is 5.60 Å². The van der Waals surface area contributed by atoms with Gasteiger partial charge in [-0.3, -0.25) is 0 Å². The van der Waals surface area contributed by atoms with Gasteiger partial charge in [0.15, 0.2) is 0 Å². The highest BCUT2D eigenvalue weighted by Gasteiger charge is 2.38. The molecule has 13 heavy (non-hydrogen) atoms. The lowest BCUT2D eigenvalue weighted by molar-refractivity contribution is -0.00728. The van der Waals surface area contributed by atoms with E-state index in [2.05, 4.69) is 41.5 Å². The third-order valence-corrected chi connectivity index (χ3v) is 3.13. The minimum absolute atomic E-state index is 0.0453. The molecule has 1 nitrogen and oxygen atoms in total. The molecule has 0 amide bonds. The highest BCUT2D eigenvalue weighted by molar-refractivity contribution is 5.18. The molecule has 0 aromatic heterocycles. The molecule has 0 spiro atoms. The molecule has 1 rings (SSSR count). The summed E-state index contributed by atoms with van der Waals surface area (Å²) in [5.41, 5.74) is 1.48. The molecular formula is C12H22O. The maximum Gasteiger partial charge on any atom is 0.112 e. The molecule has 0 aromatic carbocycles. The average Bonchev–Trinajstić information content (AvgIpc) is 2.28. The minimum Gasteiger partial charge on any atom is -0.491 e. The summed E-state index contributed by atoms with van der Waals surface area (Å²) in [4.78, 5) is 0. The fourth-order valence-corrected chi connectivity index (χ4v) is 1.92. The van der Waals surface area contributed by atoms with Crippen LogP contribution in [0.15, 0.2) is 11.3 Å². The monoisotopic (exact) mass is 182 g/mol. The Labute approximate surface area is 82.2 Å². The largest absolute Gasteiger partial charge is 0.491 e. The first-order valence-corrected chi connectivity index (χ1v) is 5.25. The first-order valence-electron chi connectivity index (χ1n) is 5.25. The number of hydrogen-bond acceptors (Lipinski definition) is 1. The smallest absolute Gasteiger partial charge is 0.112 e. The number of allylic oxidation sites excluding steroid dienone is 1. The molecule has 0 N–H and O–H groups in total. The van der Waals surface area contributed by atoms with Crippen LogP contribution in [0, 0.1) is 11.8 Å². The maximum atomic E-state index is 6.06. The summed E-state index contributed by atoms with van der Waals surface area (Å²) in [5.74, 6) is 2.33. The van der Waals surface area contributed by atoms with E-state index in [9.17, 15) is 0 Å². The van der Waals surface area contributed by atoms with Crippen molar-refractivity contribution in [3.63, 3.8) is 0 Å². The molecule has 76 valence electrons. The van der Waals surface area contributed by atoms with Gasteiger partial charge in [0.25, 0.3) is 0 Å². The second-order valence-corrected chi connectivity index (χ2v) is 5.05. The van der Waals surface area contributed by atoms with E-state index < -0.39 is 0 Å². The minimum atomic E-state index is 0.0453. The van der Waals surface area contributed by atoms with Crippen LogP contribution in [0.1, 0.15) is 48.0 Å². The van der Waals surface area contributed by atoms with Gasteiger partial charge in [0.05, 0.1) is 5.76 Å². The zero-order valence-corrected chi connectivity index (χ0v) is 9.77. The fraction of sp³-hybridized carbons (Fsp3) is 0.833. The van der Waals surface area contributed by atoms with E-state index in [1.54, 1.807) is 0 Å². The Kier molecular flexibility index (Phi) is 2.74. The van der Waals surface area contributed by atoms with E-state index in [4.69, 9.17) is 4.74 Å². The van der Waals surface area contributed by atoms with Crippen LogP contribution < -0.4 is 0 Å². The van der Waals surface area contributed by atoms with Crippen molar-refractivity contribution in [3.8, 4) is 0 Å². The van der Waals surface area contributed by atoms with Crippen LogP contribution in [0.25, 0.3) is 0 Å². The average molecular weight is 182 g/mol. The van der Waals surface area contributed by atoms with Crippen molar-refractivity contribution in [1.82, 2.24) is 0 Å². The molecule has 0 fully saturated rings. The van der Waals surface area contributed by atoms with Gasteiger partial charge in [-0.15, -0.1) is 0 Å². The van der Waals surface area contributed by atoms with E-state index in [0.29, 0.717) is 11.8 Å². The summed E-state index contributed by atoms with van der Waals surface area (Å²) in [6, 6.07) is 0. The lowest BCUT2D eigenvalue weighted by atomic mass is 9.88. The SMILES string of the molecule is CC1=C(C(C)C)OC(C)(C(C)C)C1. The summed E-state index contributed by atoms with van der Waals surface area (Å²) in [5, 5.41) is 0. The predicted octanol–water partition coefficient (Wildman–Crippen LogP) is 3.75. The molecule has 1 aliphatic heterocycles. The highest BCUT2D eigenvalue weighted by Crippen LogP contribution is 2.41. The fourth-order valence-electron chi connectivity index (χ4n) is 1.92. The van der Waals surface area contributed by atoms with Crippen molar-refractivity contribution < 1.29 is 4.74 Å². The van der Waals surface area contributed by atoms with Gasteiger partial charge in [-0.2, -0.15) is 0 Å². The Balaban J connectivity index is 2.79. The third kappa shape index (κ3) is 1.90. The van der Waals surface area contributed by atoms with Gasteiger partial charge in [-0.25, -0.2) is 0 Å². The summed E-state index contributed by atoms with van der Waals surface area (Å²) in [7, 11) is 0. The van der Waals surface area contributed by atoms with Gasteiger partial charge in [-0.05, 0) is 25.3 Å². The maximum absolute atomic E-state index is 6.06. The molecule has 1 atom stereocenters. The molecule has 1 heteroatoms. The van der Waals surface area contributed by atoms with Crippen molar-refractivity contribution in [2.24, 2.45) is 11.8 Å². The first-order chi connectivity index (χ1) is 5.87. The van der Waals surface area contributed by atoms with Crippen molar-refractivity contribution in [1.29, 1.82) is 0 Å². The Morgan fingerprint density at radius 1 is 1.23 bits per heavy atom. The van der Waals surface area contributed by atoms with Crippen LogP contribution in [0.4, 0.5) is 0 Å². The Morgan fingerprint density at radius 2 is 1.77 bits per heavy atom. The summed E-state index contributed by atoms with van der Waals surface area (Å²) >= 11 is 0. The second kappa shape index (κ2) is 3.36. The molecule has 0 bridgehead atoms.